The highest BCUT2D eigenvalue weighted by Crippen LogP contribution is 2.34. The average molecular weight is 360 g/mol. The van der Waals surface area contributed by atoms with Gasteiger partial charge in [-0.05, 0) is 44.1 Å². The fraction of sp³-hybridized carbons (Fsp3) is 0.600. The minimum absolute atomic E-state index is 0.139. The van der Waals surface area contributed by atoms with Gasteiger partial charge in [-0.2, -0.15) is 11.8 Å². The van der Waals surface area contributed by atoms with Gasteiger partial charge in [-0.25, -0.2) is 4.98 Å². The number of carbonyl (C=O) groups is 1. The van der Waals surface area contributed by atoms with Crippen molar-refractivity contribution in [1.82, 2.24) is 14.5 Å². The molecule has 1 aliphatic heterocycles. The van der Waals surface area contributed by atoms with E-state index in [2.05, 4.69) is 41.5 Å². The summed E-state index contributed by atoms with van der Waals surface area (Å²) >= 11 is 1.91. The first kappa shape index (κ1) is 18.3. The lowest BCUT2D eigenvalue weighted by Gasteiger charge is -2.25. The van der Waals surface area contributed by atoms with Crippen molar-refractivity contribution >= 4 is 28.7 Å². The highest BCUT2D eigenvalue weighted by atomic mass is 32.2. The molecule has 0 aliphatic carbocycles. The highest BCUT2D eigenvalue weighted by molar-refractivity contribution is 7.99. The molecule has 5 heteroatoms. The van der Waals surface area contributed by atoms with E-state index in [0.29, 0.717) is 12.3 Å². The number of benzene rings is 1. The van der Waals surface area contributed by atoms with Gasteiger partial charge in [-0.1, -0.05) is 25.5 Å². The third-order valence-corrected chi connectivity index (χ3v) is 6.04. The van der Waals surface area contributed by atoms with Crippen LogP contribution in [0.1, 0.15) is 57.8 Å². The predicted octanol–water partition coefficient (Wildman–Crippen LogP) is 4.64. The number of rotatable bonds is 8. The molecule has 1 aromatic heterocycles. The van der Waals surface area contributed by atoms with Crippen LogP contribution in [0.4, 0.5) is 0 Å². The number of hydrogen-bond donors (Lipinski definition) is 0. The van der Waals surface area contributed by atoms with Gasteiger partial charge in [0.1, 0.15) is 5.82 Å². The number of thioether (sulfide) groups is 1. The van der Waals surface area contributed by atoms with Crippen LogP contribution in [-0.4, -0.2) is 38.4 Å². The van der Waals surface area contributed by atoms with Crippen LogP contribution >= 0.6 is 11.8 Å². The van der Waals surface area contributed by atoms with Crippen LogP contribution in [-0.2, 0) is 11.3 Å². The Balaban J connectivity index is 1.72. The van der Waals surface area contributed by atoms with Gasteiger partial charge in [-0.15, -0.1) is 0 Å². The maximum Gasteiger partial charge on any atom is 0.224 e. The van der Waals surface area contributed by atoms with E-state index in [9.17, 15) is 4.79 Å². The van der Waals surface area contributed by atoms with Gasteiger partial charge >= 0.3 is 0 Å². The normalized spacial score (nSPS) is 17.5. The van der Waals surface area contributed by atoms with Crippen molar-refractivity contribution in [2.45, 2.75) is 58.5 Å². The number of hydrogen-bond acceptors (Lipinski definition) is 3. The molecule has 0 saturated carbocycles. The molecular weight excluding hydrogens is 330 g/mol. The first-order valence-corrected chi connectivity index (χ1v) is 10.7. The fourth-order valence-electron chi connectivity index (χ4n) is 3.67. The maximum absolute atomic E-state index is 12.8. The number of carbonyl (C=O) groups excluding carboxylic acids is 1. The zero-order chi connectivity index (χ0) is 17.6. The van der Waals surface area contributed by atoms with Crippen molar-refractivity contribution in [3.05, 3.63) is 30.1 Å². The van der Waals surface area contributed by atoms with Crippen molar-refractivity contribution in [1.29, 1.82) is 0 Å². The van der Waals surface area contributed by atoms with Crippen molar-refractivity contribution < 1.29 is 4.79 Å². The summed E-state index contributed by atoms with van der Waals surface area (Å²) in [4.78, 5) is 19.7. The smallest absolute Gasteiger partial charge is 0.224 e. The van der Waals surface area contributed by atoms with Crippen molar-refractivity contribution in [2.75, 3.05) is 18.1 Å². The van der Waals surface area contributed by atoms with E-state index in [4.69, 9.17) is 4.98 Å². The molecule has 1 atom stereocenters. The standard InChI is InChI=1S/C20H29N3OS/c1-3-5-14-25-15-12-19(24)23-13-8-11-18(23)20-21-16-9-6-7-10-17(16)22(20)4-2/h6-7,9-10,18H,3-5,8,11-15H2,1-2H3. The van der Waals surface area contributed by atoms with E-state index in [0.717, 1.165) is 43.0 Å². The van der Waals surface area contributed by atoms with Crippen LogP contribution in [0.15, 0.2) is 24.3 Å². The Morgan fingerprint density at radius 2 is 2.12 bits per heavy atom. The second-order valence-corrected chi connectivity index (χ2v) is 7.89. The van der Waals surface area contributed by atoms with Crippen molar-refractivity contribution in [3.63, 3.8) is 0 Å². The molecular formula is C20H29N3OS. The van der Waals surface area contributed by atoms with Gasteiger partial charge in [0, 0.05) is 25.3 Å². The fourth-order valence-corrected chi connectivity index (χ4v) is 4.68. The summed E-state index contributed by atoms with van der Waals surface area (Å²) in [6.45, 7) is 6.13. The number of para-hydroxylation sites is 2. The van der Waals surface area contributed by atoms with E-state index in [1.165, 1.54) is 24.1 Å². The van der Waals surface area contributed by atoms with Gasteiger partial charge in [0.05, 0.1) is 17.1 Å². The molecule has 1 saturated heterocycles. The van der Waals surface area contributed by atoms with E-state index < -0.39 is 0 Å². The molecule has 2 heterocycles. The summed E-state index contributed by atoms with van der Waals surface area (Å²) in [6.07, 6.45) is 5.22. The lowest BCUT2D eigenvalue weighted by atomic mass is 10.2. The monoisotopic (exact) mass is 359 g/mol. The summed E-state index contributed by atoms with van der Waals surface area (Å²) in [5, 5.41) is 0. The second kappa shape index (κ2) is 8.75. The van der Waals surface area contributed by atoms with Crippen LogP contribution in [0.3, 0.4) is 0 Å². The highest BCUT2D eigenvalue weighted by Gasteiger charge is 2.33. The minimum atomic E-state index is 0.139. The maximum atomic E-state index is 12.8. The number of fused-ring (bicyclic) bond motifs is 1. The molecule has 0 radical (unpaired) electrons. The van der Waals surface area contributed by atoms with Gasteiger partial charge in [-0.3, -0.25) is 4.79 Å². The summed E-state index contributed by atoms with van der Waals surface area (Å²) in [7, 11) is 0. The quantitative estimate of drug-likeness (QED) is 0.644. The Bertz CT molecular complexity index is 712. The van der Waals surface area contributed by atoms with Crippen LogP contribution in [0.25, 0.3) is 11.0 Å². The van der Waals surface area contributed by atoms with Crippen molar-refractivity contribution in [2.24, 2.45) is 0 Å². The Morgan fingerprint density at radius 1 is 1.28 bits per heavy atom. The molecule has 0 spiro atoms. The third kappa shape index (κ3) is 4.02. The second-order valence-electron chi connectivity index (χ2n) is 6.66. The van der Waals surface area contributed by atoms with Crippen molar-refractivity contribution in [3.8, 4) is 0 Å². The Kier molecular flexibility index (Phi) is 6.40. The van der Waals surface area contributed by atoms with E-state index in [1.54, 1.807) is 0 Å². The zero-order valence-electron chi connectivity index (χ0n) is 15.4. The summed E-state index contributed by atoms with van der Waals surface area (Å²) in [6, 6.07) is 8.42. The number of imidazole rings is 1. The number of unbranched alkanes of at least 4 members (excludes halogenated alkanes) is 1. The minimum Gasteiger partial charge on any atom is -0.332 e. The largest absolute Gasteiger partial charge is 0.332 e. The number of likely N-dealkylation sites (tertiary alicyclic amines) is 1. The molecule has 1 aliphatic rings. The van der Waals surface area contributed by atoms with Gasteiger partial charge in [0.25, 0.3) is 0 Å². The number of aryl methyl sites for hydroxylation is 1. The van der Waals surface area contributed by atoms with E-state index in [1.807, 2.05) is 17.8 Å². The molecule has 4 nitrogen and oxygen atoms in total. The Hall–Kier alpha value is -1.49. The van der Waals surface area contributed by atoms with E-state index >= 15 is 0 Å². The SMILES string of the molecule is CCCCSCCC(=O)N1CCCC1c1nc2ccccc2n1CC. The predicted molar refractivity (Wildman–Crippen MR) is 106 cm³/mol. The molecule has 2 aromatic rings. The van der Waals surface area contributed by atoms with Crippen LogP contribution in [0.2, 0.25) is 0 Å². The topological polar surface area (TPSA) is 38.1 Å². The Morgan fingerprint density at radius 3 is 2.92 bits per heavy atom. The number of nitrogens with zero attached hydrogens (tertiary/aromatic N) is 3. The average Bonchev–Trinajstić information content (AvgIpc) is 3.25. The zero-order valence-corrected chi connectivity index (χ0v) is 16.2. The number of aromatic nitrogens is 2. The summed E-state index contributed by atoms with van der Waals surface area (Å²) in [5.41, 5.74) is 2.21. The summed E-state index contributed by atoms with van der Waals surface area (Å²) < 4.78 is 2.28. The first-order valence-electron chi connectivity index (χ1n) is 9.58. The lowest BCUT2D eigenvalue weighted by Crippen LogP contribution is -2.32. The Labute approximate surface area is 155 Å². The van der Waals surface area contributed by atoms with E-state index in [-0.39, 0.29) is 6.04 Å². The molecule has 1 fully saturated rings. The van der Waals surface area contributed by atoms with Crippen LogP contribution in [0.5, 0.6) is 0 Å². The molecule has 25 heavy (non-hydrogen) atoms. The summed E-state index contributed by atoms with van der Waals surface area (Å²) in [5.74, 6) is 3.46. The first-order chi connectivity index (χ1) is 12.3. The van der Waals surface area contributed by atoms with Crippen LogP contribution < -0.4 is 0 Å². The molecule has 0 bridgehead atoms. The number of amides is 1. The van der Waals surface area contributed by atoms with Gasteiger partial charge < -0.3 is 9.47 Å². The molecule has 136 valence electrons. The molecule has 0 N–H and O–H groups in total. The molecule has 1 unspecified atom stereocenters. The molecule has 1 aromatic carbocycles. The molecule has 3 rings (SSSR count). The van der Waals surface area contributed by atoms with Crippen LogP contribution in [0, 0.1) is 0 Å². The van der Waals surface area contributed by atoms with Gasteiger partial charge in [0.15, 0.2) is 0 Å². The third-order valence-electron chi connectivity index (χ3n) is 4.97. The van der Waals surface area contributed by atoms with Gasteiger partial charge in [0.2, 0.25) is 5.91 Å². The lowest BCUT2D eigenvalue weighted by molar-refractivity contribution is -0.131. The molecule has 1 amide bonds.